The van der Waals surface area contributed by atoms with Crippen molar-refractivity contribution in [3.05, 3.63) is 47.2 Å². The highest BCUT2D eigenvalue weighted by molar-refractivity contribution is 7.89. The van der Waals surface area contributed by atoms with Crippen molar-refractivity contribution in [2.45, 2.75) is 17.9 Å². The number of thiophene rings is 1. The number of rotatable bonds is 7. The molecule has 148 valence electrons. The molecule has 3 rings (SSSR count). The fraction of sp³-hybridized carbons (Fsp3) is 0.235. The van der Waals surface area contributed by atoms with E-state index < -0.39 is 22.1 Å². The molecule has 0 aliphatic rings. The number of ether oxygens (including phenoxy) is 2. The molecule has 1 atom stereocenters. The van der Waals surface area contributed by atoms with E-state index in [0.29, 0.717) is 5.89 Å². The van der Waals surface area contributed by atoms with E-state index in [-0.39, 0.29) is 22.1 Å². The SMILES string of the molecule is CNS(=O)(=O)c1cc(C(=O)OC(C)c2nnc(-c3cccs3)o2)ccc1OC. The lowest BCUT2D eigenvalue weighted by molar-refractivity contribution is 0.0279. The molecule has 0 radical (unpaired) electrons. The summed E-state index contributed by atoms with van der Waals surface area (Å²) in [6, 6.07) is 7.67. The first-order valence-corrected chi connectivity index (χ1v) is 10.4. The van der Waals surface area contributed by atoms with Gasteiger partial charge in [-0.1, -0.05) is 6.07 Å². The smallest absolute Gasteiger partial charge is 0.338 e. The Balaban J connectivity index is 1.80. The second-order valence-corrected chi connectivity index (χ2v) is 8.35. The Morgan fingerprint density at radius 3 is 2.71 bits per heavy atom. The van der Waals surface area contributed by atoms with E-state index in [0.717, 1.165) is 4.88 Å². The van der Waals surface area contributed by atoms with E-state index >= 15 is 0 Å². The molecule has 0 bridgehead atoms. The summed E-state index contributed by atoms with van der Waals surface area (Å²) in [5.74, 6) is -0.164. The van der Waals surface area contributed by atoms with Gasteiger partial charge in [0, 0.05) is 0 Å². The summed E-state index contributed by atoms with van der Waals surface area (Å²) in [4.78, 5) is 13.1. The number of nitrogens with one attached hydrogen (secondary N) is 1. The van der Waals surface area contributed by atoms with Crippen LogP contribution >= 0.6 is 11.3 Å². The number of sulfonamides is 1. The summed E-state index contributed by atoms with van der Waals surface area (Å²) in [7, 11) is -1.22. The van der Waals surface area contributed by atoms with Gasteiger partial charge in [0.05, 0.1) is 17.6 Å². The van der Waals surface area contributed by atoms with Crippen LogP contribution in [-0.4, -0.2) is 38.7 Å². The fourth-order valence-electron chi connectivity index (χ4n) is 2.30. The minimum Gasteiger partial charge on any atom is -0.495 e. The zero-order chi connectivity index (χ0) is 20.3. The van der Waals surface area contributed by atoms with Crippen LogP contribution in [0.25, 0.3) is 10.8 Å². The number of methoxy groups -OCH3 is 1. The lowest BCUT2D eigenvalue weighted by atomic mass is 10.2. The van der Waals surface area contributed by atoms with Crippen molar-refractivity contribution in [2.75, 3.05) is 14.2 Å². The van der Waals surface area contributed by atoms with Crippen molar-refractivity contribution in [1.29, 1.82) is 0 Å². The molecule has 2 heterocycles. The van der Waals surface area contributed by atoms with Crippen molar-refractivity contribution < 1.29 is 27.1 Å². The number of hydrogen-bond acceptors (Lipinski definition) is 9. The first-order valence-electron chi connectivity index (χ1n) is 8.05. The number of carbonyl (C=O) groups is 1. The number of hydrogen-bond donors (Lipinski definition) is 1. The molecule has 0 fully saturated rings. The average Bonchev–Trinajstić information content (AvgIpc) is 3.38. The minimum absolute atomic E-state index is 0.0412. The standard InChI is InChI=1S/C17H17N3O6S2/c1-10(15-19-20-16(26-15)13-5-4-8-27-13)25-17(21)11-6-7-12(24-3)14(9-11)28(22,23)18-2/h4-10,18H,1-3H3. The van der Waals surface area contributed by atoms with Gasteiger partial charge in [-0.25, -0.2) is 17.9 Å². The molecule has 11 heteroatoms. The summed E-state index contributed by atoms with van der Waals surface area (Å²) < 4.78 is 42.4. The fourth-order valence-corrected chi connectivity index (χ4v) is 3.86. The van der Waals surface area contributed by atoms with Crippen LogP contribution in [-0.2, 0) is 14.8 Å². The van der Waals surface area contributed by atoms with Gasteiger partial charge in [-0.3, -0.25) is 0 Å². The number of carbonyl (C=O) groups excluding carboxylic acids is 1. The second kappa shape index (κ2) is 8.09. The summed E-state index contributed by atoms with van der Waals surface area (Å²) >= 11 is 1.44. The number of esters is 1. The van der Waals surface area contributed by atoms with E-state index in [2.05, 4.69) is 14.9 Å². The predicted octanol–water partition coefficient (Wildman–Crippen LogP) is 2.63. The maximum absolute atomic E-state index is 12.5. The van der Waals surface area contributed by atoms with Crippen LogP contribution < -0.4 is 9.46 Å². The first kappa shape index (κ1) is 20.0. The minimum atomic E-state index is -3.82. The Hall–Kier alpha value is -2.76. The molecular formula is C17H17N3O6S2. The summed E-state index contributed by atoms with van der Waals surface area (Å²) in [6.07, 6.45) is -0.819. The predicted molar refractivity (Wildman–Crippen MR) is 101 cm³/mol. The largest absolute Gasteiger partial charge is 0.495 e. The van der Waals surface area contributed by atoms with E-state index in [1.807, 2.05) is 17.5 Å². The van der Waals surface area contributed by atoms with Gasteiger partial charge in [-0.2, -0.15) is 0 Å². The van der Waals surface area contributed by atoms with E-state index in [4.69, 9.17) is 13.9 Å². The third kappa shape index (κ3) is 4.06. The van der Waals surface area contributed by atoms with Crippen LogP contribution in [0.5, 0.6) is 5.75 Å². The van der Waals surface area contributed by atoms with Crippen molar-refractivity contribution in [1.82, 2.24) is 14.9 Å². The van der Waals surface area contributed by atoms with E-state index in [1.165, 1.54) is 43.7 Å². The summed E-state index contributed by atoms with van der Waals surface area (Å²) in [5.41, 5.74) is 0.0412. The highest BCUT2D eigenvalue weighted by Crippen LogP contribution is 2.28. The molecule has 28 heavy (non-hydrogen) atoms. The van der Waals surface area contributed by atoms with Crippen molar-refractivity contribution in [3.63, 3.8) is 0 Å². The molecule has 0 amide bonds. The van der Waals surface area contributed by atoms with Gasteiger partial charge in [0.25, 0.3) is 11.8 Å². The molecule has 9 nitrogen and oxygen atoms in total. The van der Waals surface area contributed by atoms with Crippen LogP contribution in [0.4, 0.5) is 0 Å². The Morgan fingerprint density at radius 2 is 2.07 bits per heavy atom. The molecule has 0 saturated carbocycles. The van der Waals surface area contributed by atoms with Crippen molar-refractivity contribution in [3.8, 4) is 16.5 Å². The van der Waals surface area contributed by atoms with Gasteiger partial charge >= 0.3 is 5.97 Å². The Labute approximate surface area is 165 Å². The zero-order valence-electron chi connectivity index (χ0n) is 15.2. The van der Waals surface area contributed by atoms with Gasteiger partial charge in [-0.15, -0.1) is 21.5 Å². The number of benzene rings is 1. The molecule has 1 N–H and O–H groups in total. The molecule has 0 spiro atoms. The Kier molecular flexibility index (Phi) is 5.77. The molecule has 2 aromatic heterocycles. The third-order valence-electron chi connectivity index (χ3n) is 3.76. The molecular weight excluding hydrogens is 406 g/mol. The van der Waals surface area contributed by atoms with Crippen molar-refractivity contribution >= 4 is 27.3 Å². The monoisotopic (exact) mass is 423 g/mol. The first-order chi connectivity index (χ1) is 13.4. The quantitative estimate of drug-likeness (QED) is 0.576. The van der Waals surface area contributed by atoms with Crippen LogP contribution in [0.1, 0.15) is 29.3 Å². The van der Waals surface area contributed by atoms with Crippen LogP contribution in [0.15, 0.2) is 45.0 Å². The van der Waals surface area contributed by atoms with Gasteiger partial charge in [0.1, 0.15) is 10.6 Å². The third-order valence-corrected chi connectivity index (χ3v) is 6.06. The second-order valence-electron chi connectivity index (χ2n) is 5.54. The highest BCUT2D eigenvalue weighted by Gasteiger charge is 2.24. The number of nitrogens with zero attached hydrogens (tertiary/aromatic N) is 2. The molecule has 1 aromatic carbocycles. The molecule has 1 unspecified atom stereocenters. The topological polar surface area (TPSA) is 121 Å². The average molecular weight is 423 g/mol. The van der Waals surface area contributed by atoms with Gasteiger partial charge in [0.15, 0.2) is 6.10 Å². The van der Waals surface area contributed by atoms with Crippen LogP contribution in [0, 0.1) is 0 Å². The number of aromatic nitrogens is 2. The Bertz CT molecular complexity index is 1080. The molecule has 0 aliphatic carbocycles. The summed E-state index contributed by atoms with van der Waals surface area (Å²) in [5, 5.41) is 9.72. The zero-order valence-corrected chi connectivity index (χ0v) is 16.8. The van der Waals surface area contributed by atoms with Gasteiger partial charge in [-0.05, 0) is 43.6 Å². The lowest BCUT2D eigenvalue weighted by Crippen LogP contribution is -2.20. The van der Waals surface area contributed by atoms with E-state index in [9.17, 15) is 13.2 Å². The Morgan fingerprint density at radius 1 is 1.29 bits per heavy atom. The van der Waals surface area contributed by atoms with E-state index in [1.54, 1.807) is 6.92 Å². The maximum Gasteiger partial charge on any atom is 0.338 e. The molecule has 3 aromatic rings. The van der Waals surface area contributed by atoms with Gasteiger partial charge in [0.2, 0.25) is 10.0 Å². The summed E-state index contributed by atoms with van der Waals surface area (Å²) in [6.45, 7) is 1.58. The van der Waals surface area contributed by atoms with Crippen LogP contribution in [0.3, 0.4) is 0 Å². The highest BCUT2D eigenvalue weighted by atomic mass is 32.2. The molecule has 0 saturated heterocycles. The normalized spacial score (nSPS) is 12.5. The molecule has 0 aliphatic heterocycles. The lowest BCUT2D eigenvalue weighted by Gasteiger charge is -2.12. The van der Waals surface area contributed by atoms with Gasteiger partial charge < -0.3 is 13.9 Å². The van der Waals surface area contributed by atoms with Crippen LogP contribution in [0.2, 0.25) is 0 Å². The maximum atomic E-state index is 12.5. The van der Waals surface area contributed by atoms with Crippen molar-refractivity contribution in [2.24, 2.45) is 0 Å².